The van der Waals surface area contributed by atoms with E-state index >= 15 is 0 Å². The quantitative estimate of drug-likeness (QED) is 0.0528. The minimum Gasteiger partial charge on any atom is -0.512 e. The Balaban J connectivity index is 1.59. The van der Waals surface area contributed by atoms with Gasteiger partial charge >= 0.3 is 0 Å². The minimum atomic E-state index is -1.67. The van der Waals surface area contributed by atoms with E-state index in [0.717, 1.165) is 31.3 Å². The molecule has 0 bridgehead atoms. The molecule has 0 aromatic rings. The van der Waals surface area contributed by atoms with Crippen LogP contribution >= 0.6 is 0 Å². The van der Waals surface area contributed by atoms with Crippen LogP contribution < -0.4 is 16.8 Å². The van der Waals surface area contributed by atoms with Crippen molar-refractivity contribution < 1.29 is 59.5 Å². The Morgan fingerprint density at radius 3 is 2.33 bits per heavy atom. The summed E-state index contributed by atoms with van der Waals surface area (Å²) in [7, 11) is 0. The number of rotatable bonds is 17. The average molecular weight is 741 g/mol. The van der Waals surface area contributed by atoms with Gasteiger partial charge < -0.3 is 71.5 Å². The van der Waals surface area contributed by atoms with Gasteiger partial charge in [-0.15, -0.1) is 0 Å². The van der Waals surface area contributed by atoms with Gasteiger partial charge in [0.25, 0.3) is 0 Å². The zero-order valence-electron chi connectivity index (χ0n) is 30.5. The van der Waals surface area contributed by atoms with Gasteiger partial charge in [0, 0.05) is 38.2 Å². The lowest BCUT2D eigenvalue weighted by Gasteiger charge is -2.46. The molecule has 16 heteroatoms. The van der Waals surface area contributed by atoms with E-state index in [1.807, 2.05) is 13.0 Å². The Morgan fingerprint density at radius 1 is 0.981 bits per heavy atom. The number of nitrogens with zero attached hydrogens (tertiary/aromatic N) is 1. The van der Waals surface area contributed by atoms with Gasteiger partial charge in [0.15, 0.2) is 12.0 Å². The van der Waals surface area contributed by atoms with Crippen molar-refractivity contribution >= 4 is 12.1 Å². The molecule has 13 atom stereocenters. The zero-order chi connectivity index (χ0) is 38.5. The molecule has 1 saturated carbocycles. The lowest BCUT2D eigenvalue weighted by molar-refractivity contribution is -0.299. The summed E-state index contributed by atoms with van der Waals surface area (Å²) in [5.74, 6) is -1.16. The summed E-state index contributed by atoms with van der Waals surface area (Å²) in [5, 5.41) is 75.2. The summed E-state index contributed by atoms with van der Waals surface area (Å²) in [6, 6.07) is -2.01. The van der Waals surface area contributed by atoms with Gasteiger partial charge in [0.2, 0.25) is 12.2 Å². The fraction of sp³-hybridized carbons (Fsp3) is 0.722. The number of nitrogens with two attached hydrogens (primary N) is 2. The molecule has 2 heterocycles. The first kappa shape index (κ1) is 43.7. The number of carbonyl (C=O) groups excluding carboxylic acids is 1. The van der Waals surface area contributed by atoms with Crippen LogP contribution in [-0.2, 0) is 23.7 Å². The van der Waals surface area contributed by atoms with Crippen molar-refractivity contribution in [2.75, 3.05) is 13.1 Å². The second-order valence-corrected chi connectivity index (χ2v) is 14.1. The standard InChI is InChI=1S/C36H60N4O12/c1-19(2)7-5-8-20(3)9-6-10-21(4)11-13-39-14-12-24(42)35(48)40-23-15-22(38)33(51-28-16-25(43)30(45)26(17-37)49-28)34(29(23)44)52-36-32(47)31(46)27(18-41)50-36/h7,9,11,13,18,22-26,28-34,36,41-47H,5-6,8,10,12,14-17,37-38H2,1-4H3,(H,40,48)/b20-9+,21-11+,27-18+,39-13?. The summed E-state index contributed by atoms with van der Waals surface area (Å²) >= 11 is 0. The number of amides is 1. The maximum absolute atomic E-state index is 13.0. The number of aliphatic hydroxyl groups is 7. The molecule has 0 radical (unpaired) electrons. The van der Waals surface area contributed by atoms with Gasteiger partial charge in [-0.2, -0.15) is 0 Å². The van der Waals surface area contributed by atoms with Gasteiger partial charge in [0.1, 0.15) is 55.1 Å². The van der Waals surface area contributed by atoms with Crippen molar-refractivity contribution in [3.63, 3.8) is 0 Å². The molecule has 0 spiro atoms. The van der Waals surface area contributed by atoms with Gasteiger partial charge in [-0.25, -0.2) is 0 Å². The first-order valence-corrected chi connectivity index (χ1v) is 17.9. The lowest BCUT2D eigenvalue weighted by atomic mass is 9.83. The van der Waals surface area contributed by atoms with Crippen molar-refractivity contribution in [1.82, 2.24) is 5.32 Å². The van der Waals surface area contributed by atoms with Crippen molar-refractivity contribution in [2.24, 2.45) is 16.5 Å². The summed E-state index contributed by atoms with van der Waals surface area (Å²) in [4.78, 5) is 17.3. The predicted molar refractivity (Wildman–Crippen MR) is 192 cm³/mol. The highest BCUT2D eigenvalue weighted by atomic mass is 16.7. The molecule has 0 aromatic heterocycles. The van der Waals surface area contributed by atoms with Gasteiger partial charge in [-0.05, 0) is 65.9 Å². The average Bonchev–Trinajstić information content (AvgIpc) is 3.37. The Bertz CT molecular complexity index is 1290. The van der Waals surface area contributed by atoms with E-state index in [9.17, 15) is 40.5 Å². The van der Waals surface area contributed by atoms with Crippen LogP contribution in [-0.4, -0.2) is 141 Å². The summed E-state index contributed by atoms with van der Waals surface area (Å²) in [5.41, 5.74) is 16.0. The molecule has 3 rings (SSSR count). The van der Waals surface area contributed by atoms with Crippen molar-refractivity contribution in [3.05, 3.63) is 47.0 Å². The molecular formula is C36H60N4O12. The van der Waals surface area contributed by atoms with Crippen LogP contribution in [0.4, 0.5) is 0 Å². The number of aliphatic imine (C=N–C) groups is 1. The monoisotopic (exact) mass is 740 g/mol. The maximum atomic E-state index is 13.0. The van der Waals surface area contributed by atoms with Crippen LogP contribution in [0.3, 0.4) is 0 Å². The molecular weight excluding hydrogens is 680 g/mol. The summed E-state index contributed by atoms with van der Waals surface area (Å²) < 4.78 is 22.9. The fourth-order valence-corrected chi connectivity index (χ4v) is 6.23. The molecule has 1 aliphatic carbocycles. The molecule has 12 N–H and O–H groups in total. The Hall–Kier alpha value is -2.74. The third-order valence-electron chi connectivity index (χ3n) is 9.41. The van der Waals surface area contributed by atoms with Gasteiger partial charge in [-0.3, -0.25) is 9.79 Å². The van der Waals surface area contributed by atoms with E-state index in [-0.39, 0.29) is 38.1 Å². The molecule has 3 aliphatic rings. The van der Waals surface area contributed by atoms with Crippen molar-refractivity contribution in [3.8, 4) is 0 Å². The number of allylic oxidation sites excluding steroid dienone is 6. The number of hydrogen-bond donors (Lipinski definition) is 10. The van der Waals surface area contributed by atoms with Gasteiger partial charge in [0.05, 0.1) is 12.1 Å². The third kappa shape index (κ3) is 12.7. The van der Waals surface area contributed by atoms with E-state index < -0.39 is 85.5 Å². The van der Waals surface area contributed by atoms with Crippen LogP contribution in [0, 0.1) is 0 Å². The van der Waals surface area contributed by atoms with Crippen LogP contribution in [0.1, 0.15) is 72.6 Å². The maximum Gasteiger partial charge on any atom is 0.249 e. The van der Waals surface area contributed by atoms with Crippen molar-refractivity contribution in [1.29, 1.82) is 0 Å². The molecule has 13 unspecified atom stereocenters. The number of ether oxygens (including phenoxy) is 4. The van der Waals surface area contributed by atoms with E-state index in [0.29, 0.717) is 6.26 Å². The van der Waals surface area contributed by atoms with Gasteiger partial charge in [-0.1, -0.05) is 28.9 Å². The minimum absolute atomic E-state index is 0.00907. The summed E-state index contributed by atoms with van der Waals surface area (Å²) in [6.07, 6.45) is -2.90. The number of hydrogen-bond acceptors (Lipinski definition) is 15. The van der Waals surface area contributed by atoms with Crippen LogP contribution in [0.25, 0.3) is 0 Å². The Labute approximate surface area is 305 Å². The van der Waals surface area contributed by atoms with E-state index in [2.05, 4.69) is 43.2 Å². The lowest BCUT2D eigenvalue weighted by Crippen LogP contribution is -2.66. The highest BCUT2D eigenvalue weighted by Crippen LogP contribution is 2.33. The third-order valence-corrected chi connectivity index (χ3v) is 9.41. The van der Waals surface area contributed by atoms with Crippen LogP contribution in [0.5, 0.6) is 0 Å². The first-order valence-electron chi connectivity index (χ1n) is 17.9. The summed E-state index contributed by atoms with van der Waals surface area (Å²) in [6.45, 7) is 8.40. The number of carbonyl (C=O) groups is 1. The molecule has 2 saturated heterocycles. The Kier molecular flexibility index (Phi) is 17.8. The SMILES string of the molecule is CC(C)=CCC/C(C)=C/CC/C(C)=C/C=NCCC(O)C(=O)NC1CC(N)C(OC2CC(O)C(O)C(CN)O2)C(OC2O/C(=C/O)C(O)C2O)C1O. The highest BCUT2D eigenvalue weighted by molar-refractivity contribution is 5.81. The number of nitrogens with one attached hydrogen (secondary N) is 1. The molecule has 52 heavy (non-hydrogen) atoms. The first-order chi connectivity index (χ1) is 24.7. The molecule has 16 nitrogen and oxygen atoms in total. The Morgan fingerprint density at radius 2 is 1.67 bits per heavy atom. The molecule has 0 aromatic carbocycles. The van der Waals surface area contributed by atoms with E-state index in [4.69, 9.17) is 30.4 Å². The molecule has 1 amide bonds. The van der Waals surface area contributed by atoms with Crippen LogP contribution in [0.15, 0.2) is 52.0 Å². The molecule has 2 aliphatic heterocycles. The highest BCUT2D eigenvalue weighted by Gasteiger charge is 2.51. The fourth-order valence-electron chi connectivity index (χ4n) is 6.23. The van der Waals surface area contributed by atoms with E-state index in [1.165, 1.54) is 11.1 Å². The van der Waals surface area contributed by atoms with Crippen molar-refractivity contribution in [2.45, 2.75) is 152 Å². The zero-order valence-corrected chi connectivity index (χ0v) is 30.5. The van der Waals surface area contributed by atoms with Crippen LogP contribution in [0.2, 0.25) is 0 Å². The largest absolute Gasteiger partial charge is 0.512 e. The van der Waals surface area contributed by atoms with E-state index in [1.54, 1.807) is 6.21 Å². The second kappa shape index (κ2) is 21.2. The molecule has 3 fully saturated rings. The predicted octanol–water partition coefficient (Wildman–Crippen LogP) is -0.152. The normalized spacial score (nSPS) is 35.8. The number of aliphatic hydroxyl groups excluding tert-OH is 7. The topological polar surface area (TPSA) is 272 Å². The smallest absolute Gasteiger partial charge is 0.249 e. The molecule has 296 valence electrons. The second-order valence-electron chi connectivity index (χ2n) is 14.1.